The SMILES string of the molecule is O=C(CBr)c1ccc(F)c2ccccc12. The Hall–Kier alpha value is -1.22. The second-order valence-corrected chi connectivity index (χ2v) is 3.76. The molecule has 2 aromatic rings. The summed E-state index contributed by atoms with van der Waals surface area (Å²) in [6, 6.07) is 9.85. The molecule has 0 aliphatic heterocycles. The van der Waals surface area contributed by atoms with Gasteiger partial charge in [-0.25, -0.2) is 4.39 Å². The largest absolute Gasteiger partial charge is 0.293 e. The van der Waals surface area contributed by atoms with E-state index in [1.807, 2.05) is 0 Å². The highest BCUT2D eigenvalue weighted by Crippen LogP contribution is 2.22. The summed E-state index contributed by atoms with van der Waals surface area (Å²) in [6.07, 6.45) is 0. The van der Waals surface area contributed by atoms with Crippen LogP contribution in [0.1, 0.15) is 10.4 Å². The summed E-state index contributed by atoms with van der Waals surface area (Å²) in [5.74, 6) is -0.331. The minimum absolute atomic E-state index is 0.0359. The first-order chi connectivity index (χ1) is 7.24. The Bertz CT molecular complexity index is 522. The van der Waals surface area contributed by atoms with E-state index < -0.39 is 0 Å². The summed E-state index contributed by atoms with van der Waals surface area (Å²) in [6.45, 7) is 0. The molecule has 0 N–H and O–H groups in total. The number of carbonyl (C=O) groups is 1. The quantitative estimate of drug-likeness (QED) is 0.600. The summed E-state index contributed by atoms with van der Waals surface area (Å²) >= 11 is 3.11. The molecule has 0 radical (unpaired) electrons. The molecule has 0 saturated heterocycles. The summed E-state index contributed by atoms with van der Waals surface area (Å²) in [4.78, 5) is 11.6. The Morgan fingerprint density at radius 3 is 2.47 bits per heavy atom. The van der Waals surface area contributed by atoms with Gasteiger partial charge < -0.3 is 0 Å². The summed E-state index contributed by atoms with van der Waals surface area (Å²) in [5, 5.41) is 1.41. The smallest absolute Gasteiger partial charge is 0.173 e. The lowest BCUT2D eigenvalue weighted by molar-refractivity contribution is 0.102. The third kappa shape index (κ3) is 1.79. The van der Waals surface area contributed by atoms with Crippen molar-refractivity contribution < 1.29 is 9.18 Å². The van der Waals surface area contributed by atoms with Crippen LogP contribution in [-0.4, -0.2) is 11.1 Å². The number of alkyl halides is 1. The fourth-order valence-corrected chi connectivity index (χ4v) is 1.88. The van der Waals surface area contributed by atoms with Crippen molar-refractivity contribution >= 4 is 32.5 Å². The highest BCUT2D eigenvalue weighted by molar-refractivity contribution is 9.09. The minimum atomic E-state index is -0.295. The molecule has 0 spiro atoms. The summed E-state index contributed by atoms with van der Waals surface area (Å²) in [5.41, 5.74) is 0.559. The number of Topliss-reactive ketones (excluding diaryl/α,β-unsaturated/α-hetero) is 1. The lowest BCUT2D eigenvalue weighted by atomic mass is 10.0. The monoisotopic (exact) mass is 266 g/mol. The fourth-order valence-electron chi connectivity index (χ4n) is 1.58. The molecule has 2 aromatic carbocycles. The van der Waals surface area contributed by atoms with Crippen LogP contribution in [0.4, 0.5) is 4.39 Å². The average Bonchev–Trinajstić information content (AvgIpc) is 2.29. The van der Waals surface area contributed by atoms with Gasteiger partial charge in [0.25, 0.3) is 0 Å². The summed E-state index contributed by atoms with van der Waals surface area (Å²) in [7, 11) is 0. The van der Waals surface area contributed by atoms with Crippen LogP contribution >= 0.6 is 15.9 Å². The van der Waals surface area contributed by atoms with Crippen molar-refractivity contribution in [1.29, 1.82) is 0 Å². The lowest BCUT2D eigenvalue weighted by Crippen LogP contribution is -2.01. The Morgan fingerprint density at radius 2 is 1.80 bits per heavy atom. The van der Waals surface area contributed by atoms with Gasteiger partial charge in [0.05, 0.1) is 5.33 Å². The number of rotatable bonds is 2. The highest BCUT2D eigenvalue weighted by Gasteiger charge is 2.10. The minimum Gasteiger partial charge on any atom is -0.293 e. The molecule has 0 aliphatic carbocycles. The number of ketones is 1. The van der Waals surface area contributed by atoms with Crippen LogP contribution in [0.5, 0.6) is 0 Å². The zero-order valence-corrected chi connectivity index (χ0v) is 9.42. The fraction of sp³-hybridized carbons (Fsp3) is 0.0833. The maximum Gasteiger partial charge on any atom is 0.173 e. The van der Waals surface area contributed by atoms with Gasteiger partial charge in [0, 0.05) is 10.9 Å². The summed E-state index contributed by atoms with van der Waals surface area (Å²) < 4.78 is 13.4. The Labute approximate surface area is 95.0 Å². The van der Waals surface area contributed by atoms with E-state index in [4.69, 9.17) is 0 Å². The van der Waals surface area contributed by atoms with E-state index in [0.717, 1.165) is 0 Å². The first-order valence-corrected chi connectivity index (χ1v) is 5.62. The van der Waals surface area contributed by atoms with Crippen LogP contribution in [0.15, 0.2) is 36.4 Å². The molecule has 76 valence electrons. The molecular weight excluding hydrogens is 259 g/mol. The van der Waals surface area contributed by atoms with Crippen molar-refractivity contribution in [3.8, 4) is 0 Å². The van der Waals surface area contributed by atoms with Gasteiger partial charge in [0.1, 0.15) is 5.82 Å². The molecule has 0 heterocycles. The van der Waals surface area contributed by atoms with E-state index in [-0.39, 0.29) is 16.9 Å². The predicted molar refractivity (Wildman–Crippen MR) is 62.0 cm³/mol. The van der Waals surface area contributed by atoms with E-state index in [1.54, 1.807) is 24.3 Å². The molecule has 0 fully saturated rings. The van der Waals surface area contributed by atoms with Crippen LogP contribution < -0.4 is 0 Å². The molecule has 0 unspecified atom stereocenters. The van der Waals surface area contributed by atoms with Crippen LogP contribution in [0.3, 0.4) is 0 Å². The normalized spacial score (nSPS) is 10.5. The molecule has 1 nitrogen and oxygen atoms in total. The van der Waals surface area contributed by atoms with Crippen molar-refractivity contribution in [2.75, 3.05) is 5.33 Å². The van der Waals surface area contributed by atoms with Gasteiger partial charge in [-0.3, -0.25) is 4.79 Å². The number of hydrogen-bond donors (Lipinski definition) is 0. The van der Waals surface area contributed by atoms with E-state index in [0.29, 0.717) is 16.3 Å². The second kappa shape index (κ2) is 4.11. The molecular formula is C12H8BrFO. The zero-order valence-electron chi connectivity index (χ0n) is 7.84. The van der Waals surface area contributed by atoms with Crippen molar-refractivity contribution in [3.05, 3.63) is 47.8 Å². The molecule has 0 atom stereocenters. The number of benzene rings is 2. The molecule has 3 heteroatoms. The van der Waals surface area contributed by atoms with Crippen molar-refractivity contribution in [2.24, 2.45) is 0 Å². The maximum absolute atomic E-state index is 13.4. The molecule has 0 aliphatic rings. The van der Waals surface area contributed by atoms with Crippen LogP contribution in [0, 0.1) is 5.82 Å². The molecule has 0 aromatic heterocycles. The number of halogens is 2. The van der Waals surface area contributed by atoms with Gasteiger partial charge in [-0.05, 0) is 17.5 Å². The molecule has 0 bridgehead atoms. The van der Waals surface area contributed by atoms with Crippen LogP contribution in [0.25, 0.3) is 10.8 Å². The van der Waals surface area contributed by atoms with Crippen LogP contribution in [-0.2, 0) is 0 Å². The van der Waals surface area contributed by atoms with Gasteiger partial charge in [-0.2, -0.15) is 0 Å². The zero-order chi connectivity index (χ0) is 10.8. The molecule has 2 rings (SSSR count). The van der Waals surface area contributed by atoms with Crippen molar-refractivity contribution in [2.45, 2.75) is 0 Å². The van der Waals surface area contributed by atoms with Crippen molar-refractivity contribution in [3.63, 3.8) is 0 Å². The van der Waals surface area contributed by atoms with E-state index in [2.05, 4.69) is 15.9 Å². The van der Waals surface area contributed by atoms with E-state index in [9.17, 15) is 9.18 Å². The van der Waals surface area contributed by atoms with Crippen LogP contribution in [0.2, 0.25) is 0 Å². The van der Waals surface area contributed by atoms with Gasteiger partial charge in [0.15, 0.2) is 5.78 Å². The number of fused-ring (bicyclic) bond motifs is 1. The number of carbonyl (C=O) groups excluding carboxylic acids is 1. The Balaban J connectivity index is 2.77. The van der Waals surface area contributed by atoms with Gasteiger partial charge >= 0.3 is 0 Å². The predicted octanol–water partition coefficient (Wildman–Crippen LogP) is 3.56. The maximum atomic E-state index is 13.4. The molecule has 0 saturated carbocycles. The molecule has 15 heavy (non-hydrogen) atoms. The topological polar surface area (TPSA) is 17.1 Å². The second-order valence-electron chi connectivity index (χ2n) is 3.20. The van der Waals surface area contributed by atoms with E-state index in [1.165, 1.54) is 12.1 Å². The van der Waals surface area contributed by atoms with Gasteiger partial charge in [-0.15, -0.1) is 0 Å². The standard InChI is InChI=1S/C12H8BrFO/c13-7-12(15)10-5-6-11(14)9-4-2-1-3-8(9)10/h1-6H,7H2. The first kappa shape index (κ1) is 10.3. The third-order valence-corrected chi connectivity index (χ3v) is 2.80. The van der Waals surface area contributed by atoms with Crippen molar-refractivity contribution in [1.82, 2.24) is 0 Å². The van der Waals surface area contributed by atoms with Gasteiger partial charge in [-0.1, -0.05) is 40.2 Å². The van der Waals surface area contributed by atoms with E-state index >= 15 is 0 Å². The number of hydrogen-bond acceptors (Lipinski definition) is 1. The first-order valence-electron chi connectivity index (χ1n) is 4.50. The third-order valence-electron chi connectivity index (χ3n) is 2.29. The Kier molecular flexibility index (Phi) is 2.82. The highest BCUT2D eigenvalue weighted by atomic mass is 79.9. The molecule has 0 amide bonds. The Morgan fingerprint density at radius 1 is 1.13 bits per heavy atom. The lowest BCUT2D eigenvalue weighted by Gasteiger charge is -2.04. The average molecular weight is 267 g/mol. The van der Waals surface area contributed by atoms with Gasteiger partial charge in [0.2, 0.25) is 0 Å².